The lowest BCUT2D eigenvalue weighted by atomic mass is 10.2. The summed E-state index contributed by atoms with van der Waals surface area (Å²) in [7, 11) is 0. The lowest BCUT2D eigenvalue weighted by Crippen LogP contribution is -2.17. The first-order valence-electron chi connectivity index (χ1n) is 7.89. The Morgan fingerprint density at radius 2 is 2.12 bits per heavy atom. The molecule has 1 aliphatic heterocycles. The smallest absolute Gasteiger partial charge is 0.188 e. The number of hydrogen-bond acceptors (Lipinski definition) is 6. The van der Waals surface area contributed by atoms with Gasteiger partial charge in [0.25, 0.3) is 0 Å². The van der Waals surface area contributed by atoms with E-state index in [4.69, 9.17) is 27.9 Å². The summed E-state index contributed by atoms with van der Waals surface area (Å²) < 4.78 is 7.77. The zero-order valence-electron chi connectivity index (χ0n) is 13.1. The molecule has 0 saturated carbocycles. The standard InChI is InChI=1S/C16H15Cl2N5OS/c17-9-4-3-5-10(12(9)18)20-14-13-15(22-16(25)21-14)23(8-19-13)11-6-1-2-7-24-11/h3-5,8,11H,1-2,6-7H2,(H2,20,21,22,25). The van der Waals surface area contributed by atoms with E-state index < -0.39 is 0 Å². The average molecular weight is 396 g/mol. The molecule has 0 radical (unpaired) electrons. The number of rotatable bonds is 3. The highest BCUT2D eigenvalue weighted by atomic mass is 35.5. The van der Waals surface area contributed by atoms with Crippen molar-refractivity contribution in [1.82, 2.24) is 19.5 Å². The number of fused-ring (bicyclic) bond motifs is 1. The molecule has 1 fully saturated rings. The fourth-order valence-corrected chi connectivity index (χ4v) is 3.42. The average Bonchev–Trinajstić information content (AvgIpc) is 3.03. The maximum absolute atomic E-state index is 6.26. The van der Waals surface area contributed by atoms with E-state index in [9.17, 15) is 0 Å². The quantitative estimate of drug-likeness (QED) is 0.489. The van der Waals surface area contributed by atoms with Gasteiger partial charge in [-0.1, -0.05) is 29.3 Å². The minimum absolute atomic E-state index is 0.0657. The van der Waals surface area contributed by atoms with Crippen molar-refractivity contribution in [3.05, 3.63) is 34.6 Å². The van der Waals surface area contributed by atoms with Crippen molar-refractivity contribution >= 4 is 58.5 Å². The van der Waals surface area contributed by atoms with E-state index in [1.54, 1.807) is 12.4 Å². The van der Waals surface area contributed by atoms with Crippen molar-refractivity contribution in [2.75, 3.05) is 11.9 Å². The van der Waals surface area contributed by atoms with Gasteiger partial charge in [0.05, 0.1) is 22.1 Å². The van der Waals surface area contributed by atoms with Gasteiger partial charge in [-0.3, -0.25) is 4.57 Å². The molecular weight excluding hydrogens is 381 g/mol. The van der Waals surface area contributed by atoms with Gasteiger partial charge in [0, 0.05) is 6.61 Å². The van der Waals surface area contributed by atoms with E-state index in [0.717, 1.165) is 25.9 Å². The van der Waals surface area contributed by atoms with Gasteiger partial charge in [-0.25, -0.2) is 15.0 Å². The fourth-order valence-electron chi connectivity index (χ4n) is 2.87. The molecule has 0 spiro atoms. The van der Waals surface area contributed by atoms with E-state index in [1.807, 2.05) is 16.7 Å². The van der Waals surface area contributed by atoms with Crippen LogP contribution in [0.15, 0.2) is 29.7 Å². The lowest BCUT2D eigenvalue weighted by Gasteiger charge is -2.23. The molecule has 1 saturated heterocycles. The van der Waals surface area contributed by atoms with Crippen LogP contribution in [0.5, 0.6) is 0 Å². The van der Waals surface area contributed by atoms with Gasteiger partial charge < -0.3 is 10.1 Å². The van der Waals surface area contributed by atoms with Crippen LogP contribution in [0.4, 0.5) is 11.5 Å². The third kappa shape index (κ3) is 3.29. The third-order valence-corrected chi connectivity index (χ3v) is 5.10. The minimum Gasteiger partial charge on any atom is -0.358 e. The zero-order chi connectivity index (χ0) is 17.4. The number of thiol groups is 1. The summed E-state index contributed by atoms with van der Waals surface area (Å²) >= 11 is 16.7. The van der Waals surface area contributed by atoms with E-state index in [0.29, 0.717) is 37.9 Å². The number of hydrogen-bond donors (Lipinski definition) is 2. The van der Waals surface area contributed by atoms with Crippen molar-refractivity contribution < 1.29 is 4.74 Å². The maximum atomic E-state index is 6.26. The first-order chi connectivity index (χ1) is 12.1. The summed E-state index contributed by atoms with van der Waals surface area (Å²) in [6, 6.07) is 5.36. The van der Waals surface area contributed by atoms with Gasteiger partial charge in [-0.2, -0.15) is 0 Å². The molecule has 130 valence electrons. The molecule has 3 aromatic rings. The Morgan fingerprint density at radius 1 is 1.24 bits per heavy atom. The summed E-state index contributed by atoms with van der Waals surface area (Å²) in [6.45, 7) is 0.742. The van der Waals surface area contributed by atoms with Gasteiger partial charge >= 0.3 is 0 Å². The van der Waals surface area contributed by atoms with Crippen molar-refractivity contribution in [2.45, 2.75) is 30.6 Å². The largest absolute Gasteiger partial charge is 0.358 e. The number of halogens is 2. The van der Waals surface area contributed by atoms with Crippen LogP contribution in [0.25, 0.3) is 11.2 Å². The molecule has 1 unspecified atom stereocenters. The van der Waals surface area contributed by atoms with Crippen molar-refractivity contribution in [3.8, 4) is 0 Å². The molecule has 1 aromatic carbocycles. The van der Waals surface area contributed by atoms with Crippen molar-refractivity contribution in [1.29, 1.82) is 0 Å². The Balaban J connectivity index is 1.77. The van der Waals surface area contributed by atoms with Crippen molar-refractivity contribution in [3.63, 3.8) is 0 Å². The summed E-state index contributed by atoms with van der Waals surface area (Å²) in [5, 5.41) is 4.40. The van der Waals surface area contributed by atoms with Crippen LogP contribution in [-0.2, 0) is 4.74 Å². The highest BCUT2D eigenvalue weighted by molar-refractivity contribution is 7.80. The Kier molecular flexibility index (Phi) is 4.73. The molecule has 1 atom stereocenters. The van der Waals surface area contributed by atoms with Crippen LogP contribution in [0, 0.1) is 0 Å². The first-order valence-corrected chi connectivity index (χ1v) is 9.10. The molecule has 2 aromatic heterocycles. The number of nitrogens with one attached hydrogen (secondary N) is 1. The van der Waals surface area contributed by atoms with Crippen molar-refractivity contribution in [2.24, 2.45) is 0 Å². The Labute approximate surface area is 159 Å². The molecule has 25 heavy (non-hydrogen) atoms. The monoisotopic (exact) mass is 395 g/mol. The van der Waals surface area contributed by atoms with Gasteiger partial charge in [0.1, 0.15) is 6.23 Å². The predicted octanol–water partition coefficient (Wildman–Crippen LogP) is 4.86. The van der Waals surface area contributed by atoms with E-state index in [-0.39, 0.29) is 6.23 Å². The summed E-state index contributed by atoms with van der Waals surface area (Å²) in [5.74, 6) is 0.522. The number of aromatic nitrogens is 4. The maximum Gasteiger partial charge on any atom is 0.188 e. The fraction of sp³-hybridized carbons (Fsp3) is 0.312. The molecule has 0 amide bonds. The second-order valence-electron chi connectivity index (χ2n) is 5.74. The number of benzene rings is 1. The second-order valence-corrected chi connectivity index (χ2v) is 6.93. The molecule has 6 nitrogen and oxygen atoms in total. The van der Waals surface area contributed by atoms with E-state index >= 15 is 0 Å². The topological polar surface area (TPSA) is 64.9 Å². The normalized spacial score (nSPS) is 17.8. The number of imidazole rings is 1. The van der Waals surface area contributed by atoms with Crippen LogP contribution in [-0.4, -0.2) is 26.1 Å². The predicted molar refractivity (Wildman–Crippen MR) is 101 cm³/mol. The lowest BCUT2D eigenvalue weighted by molar-refractivity contribution is -0.0298. The number of anilines is 2. The van der Waals surface area contributed by atoms with Crippen LogP contribution < -0.4 is 5.32 Å². The van der Waals surface area contributed by atoms with Crippen LogP contribution in [0.2, 0.25) is 10.0 Å². The molecular formula is C16H15Cl2N5OS. The highest BCUT2D eigenvalue weighted by Gasteiger charge is 2.21. The zero-order valence-corrected chi connectivity index (χ0v) is 15.5. The molecule has 1 aliphatic rings. The van der Waals surface area contributed by atoms with Gasteiger partial charge in [-0.15, -0.1) is 12.6 Å². The minimum atomic E-state index is -0.0657. The molecule has 1 N–H and O–H groups in total. The molecule has 9 heteroatoms. The van der Waals surface area contributed by atoms with E-state index in [1.165, 1.54) is 0 Å². The molecule has 0 aliphatic carbocycles. The highest BCUT2D eigenvalue weighted by Crippen LogP contribution is 2.34. The van der Waals surface area contributed by atoms with Gasteiger partial charge in [0.15, 0.2) is 22.1 Å². The summed E-state index contributed by atoms with van der Waals surface area (Å²) in [5.41, 5.74) is 1.95. The van der Waals surface area contributed by atoms with Gasteiger partial charge in [-0.05, 0) is 31.4 Å². The van der Waals surface area contributed by atoms with Crippen LogP contribution in [0.3, 0.4) is 0 Å². The Bertz CT molecular complexity index is 926. The van der Waals surface area contributed by atoms with Gasteiger partial charge in [0.2, 0.25) is 0 Å². The Hall–Kier alpha value is -1.54. The Morgan fingerprint density at radius 3 is 2.92 bits per heavy atom. The number of ether oxygens (including phenoxy) is 1. The third-order valence-electron chi connectivity index (χ3n) is 4.08. The second kappa shape index (κ2) is 6.99. The molecule has 3 heterocycles. The first kappa shape index (κ1) is 16.9. The molecule has 4 rings (SSSR count). The van der Waals surface area contributed by atoms with Crippen LogP contribution >= 0.6 is 35.8 Å². The van der Waals surface area contributed by atoms with E-state index in [2.05, 4.69) is 32.9 Å². The van der Waals surface area contributed by atoms with Crippen LogP contribution in [0.1, 0.15) is 25.5 Å². The SMILES string of the molecule is Sc1nc(Nc2cccc(Cl)c2Cl)c2ncn(C3CCCCO3)c2n1. The summed E-state index contributed by atoms with van der Waals surface area (Å²) in [6.07, 6.45) is 4.79. The number of nitrogens with zero attached hydrogens (tertiary/aromatic N) is 4. The summed E-state index contributed by atoms with van der Waals surface area (Å²) in [4.78, 5) is 13.2. The molecule has 0 bridgehead atoms.